The number of halogens is 1. The first-order valence-electron chi connectivity index (χ1n) is 15.0. The molecule has 46 heavy (non-hydrogen) atoms. The number of rotatable bonds is 8. The molecule has 13 heteroatoms. The van der Waals surface area contributed by atoms with E-state index in [9.17, 15) is 23.6 Å². The minimum absolute atomic E-state index is 0.0679. The maximum Gasteiger partial charge on any atom is 0.320 e. The first-order valence-corrected chi connectivity index (χ1v) is 16.8. The van der Waals surface area contributed by atoms with E-state index >= 15 is 4.79 Å². The Morgan fingerprint density at radius 2 is 1.76 bits per heavy atom. The number of carbonyl (C=O) groups is 2. The van der Waals surface area contributed by atoms with Gasteiger partial charge in [-0.3, -0.25) is 19.4 Å². The van der Waals surface area contributed by atoms with E-state index in [1.54, 1.807) is 11.0 Å². The van der Waals surface area contributed by atoms with E-state index in [1.807, 2.05) is 18.2 Å². The fraction of sp³-hybridized carbons (Fsp3) is 0.364. The number of hydrogen-bond acceptors (Lipinski definition) is 9. The summed E-state index contributed by atoms with van der Waals surface area (Å²) in [6.07, 6.45) is 0.751. The second kappa shape index (κ2) is 12.3. The van der Waals surface area contributed by atoms with Crippen molar-refractivity contribution in [2.45, 2.75) is 35.9 Å². The molecule has 0 saturated carbocycles. The summed E-state index contributed by atoms with van der Waals surface area (Å²) in [5, 5.41) is 19.8. The fourth-order valence-corrected chi connectivity index (χ4v) is 8.54. The number of nitriles is 1. The van der Waals surface area contributed by atoms with Crippen LogP contribution in [0.3, 0.4) is 0 Å². The van der Waals surface area contributed by atoms with Crippen LogP contribution in [0.1, 0.15) is 35.1 Å². The molecule has 2 fully saturated rings. The van der Waals surface area contributed by atoms with Crippen molar-refractivity contribution in [1.29, 1.82) is 5.26 Å². The molecule has 3 aromatic rings. The predicted molar refractivity (Wildman–Crippen MR) is 171 cm³/mol. The summed E-state index contributed by atoms with van der Waals surface area (Å²) < 4.78 is 35.3. The first kappa shape index (κ1) is 32.0. The van der Waals surface area contributed by atoms with Crippen LogP contribution in [0, 0.1) is 11.3 Å². The van der Waals surface area contributed by atoms with Gasteiger partial charge in [0.25, 0.3) is 15.9 Å². The number of benzene rings is 3. The van der Waals surface area contributed by atoms with Crippen molar-refractivity contribution < 1.29 is 27.9 Å². The Kier molecular flexibility index (Phi) is 8.56. The molecule has 0 aromatic heterocycles. The summed E-state index contributed by atoms with van der Waals surface area (Å²) in [6.45, 7) is 4.54. The average molecular weight is 664 g/mol. The van der Waals surface area contributed by atoms with Crippen LogP contribution in [-0.4, -0.2) is 93.0 Å². The van der Waals surface area contributed by atoms with Gasteiger partial charge in [0, 0.05) is 55.4 Å². The van der Waals surface area contributed by atoms with Crippen LogP contribution in [0.25, 0.3) is 0 Å². The zero-order chi connectivity index (χ0) is 32.8. The lowest BCUT2D eigenvalue weighted by Crippen LogP contribution is -2.58. The number of likely N-dealkylation sites (N-methyl/N-ethyl adjacent to an activating group) is 1. The van der Waals surface area contributed by atoms with Gasteiger partial charge < -0.3 is 14.7 Å². The zero-order valence-corrected chi connectivity index (χ0v) is 27.1. The molecule has 2 saturated heterocycles. The van der Waals surface area contributed by atoms with E-state index < -0.39 is 33.5 Å². The third-order valence-electron chi connectivity index (χ3n) is 9.21. The molecule has 3 heterocycles. The molecule has 1 N–H and O–H groups in total. The summed E-state index contributed by atoms with van der Waals surface area (Å²) in [6, 6.07) is 16.2. The SMILES string of the molecule is COc1cc(CN2CCN(C)CC2)ccc1[C@]1(N2CCCC2C(=O)O)C(=O)N(S(=O)(=O)c2ccc(C#N)cc2)c2ccc(Cl)cc21. The van der Waals surface area contributed by atoms with Crippen molar-refractivity contribution in [3.05, 3.63) is 87.9 Å². The summed E-state index contributed by atoms with van der Waals surface area (Å²) in [5.74, 6) is -1.64. The first-order chi connectivity index (χ1) is 22.0. The highest BCUT2D eigenvalue weighted by molar-refractivity contribution is 7.93. The van der Waals surface area contributed by atoms with Crippen LogP contribution >= 0.6 is 11.6 Å². The number of likely N-dealkylation sites (tertiary alicyclic amines) is 1. The summed E-state index contributed by atoms with van der Waals surface area (Å²) in [4.78, 5) is 33.8. The molecular weight excluding hydrogens is 630 g/mol. The molecule has 1 amide bonds. The molecular formula is C33H34ClN5O6S. The average Bonchev–Trinajstić information content (AvgIpc) is 3.64. The largest absolute Gasteiger partial charge is 0.496 e. The molecule has 1 unspecified atom stereocenters. The maximum atomic E-state index is 15.1. The number of hydrogen-bond donors (Lipinski definition) is 1. The van der Waals surface area contributed by atoms with E-state index in [0.717, 1.165) is 36.0 Å². The van der Waals surface area contributed by atoms with Gasteiger partial charge in [-0.05, 0) is 74.0 Å². The molecule has 0 aliphatic carbocycles. The molecule has 3 aliphatic heterocycles. The predicted octanol–water partition coefficient (Wildman–Crippen LogP) is 3.50. The highest BCUT2D eigenvalue weighted by atomic mass is 35.5. The van der Waals surface area contributed by atoms with Gasteiger partial charge in [0.2, 0.25) is 0 Å². The second-order valence-electron chi connectivity index (χ2n) is 11.9. The Balaban J connectivity index is 1.56. The molecule has 3 aromatic carbocycles. The van der Waals surface area contributed by atoms with Gasteiger partial charge in [-0.1, -0.05) is 23.7 Å². The number of anilines is 1. The number of amides is 1. The highest BCUT2D eigenvalue weighted by Gasteiger charge is 2.63. The van der Waals surface area contributed by atoms with Gasteiger partial charge in [-0.15, -0.1) is 0 Å². The van der Waals surface area contributed by atoms with Crippen LogP contribution in [-0.2, 0) is 31.7 Å². The van der Waals surface area contributed by atoms with Gasteiger partial charge in [-0.25, -0.2) is 12.7 Å². The maximum absolute atomic E-state index is 15.1. The number of methoxy groups -OCH3 is 1. The van der Waals surface area contributed by atoms with Crippen LogP contribution in [0.2, 0.25) is 5.02 Å². The van der Waals surface area contributed by atoms with Crippen molar-refractivity contribution in [2.24, 2.45) is 0 Å². The molecule has 2 atom stereocenters. The second-order valence-corrected chi connectivity index (χ2v) is 14.1. The van der Waals surface area contributed by atoms with Crippen LogP contribution in [0.4, 0.5) is 5.69 Å². The summed E-state index contributed by atoms with van der Waals surface area (Å²) in [5.41, 5.74) is -0.0431. The molecule has 6 rings (SSSR count). The van der Waals surface area contributed by atoms with Crippen LogP contribution in [0.5, 0.6) is 5.75 Å². The fourth-order valence-electron chi connectivity index (χ4n) is 6.91. The summed E-state index contributed by atoms with van der Waals surface area (Å²) >= 11 is 6.54. The Morgan fingerprint density at radius 1 is 1.04 bits per heavy atom. The van der Waals surface area contributed by atoms with E-state index in [2.05, 4.69) is 16.8 Å². The number of carboxylic acid groups (broad SMARTS) is 1. The normalized spacial score (nSPS) is 22.5. The molecule has 240 valence electrons. The standard InChI is InChI=1S/C33H34ClN5O6S/c1-36-14-16-37(17-15-36)21-23-7-11-26(30(18-23)45-2)33(38-13-3-4-29(38)31(40)41)27-19-24(34)8-12-28(27)39(32(33)42)46(43,44)25-9-5-22(20-35)6-10-25/h5-12,18-19,29H,3-4,13-17,21H2,1-2H3,(H,40,41)/t29?,33-/m1/s1. The Morgan fingerprint density at radius 3 is 2.41 bits per heavy atom. The van der Waals surface area contributed by atoms with E-state index in [4.69, 9.17) is 16.3 Å². The van der Waals surface area contributed by atoms with Gasteiger partial charge in [-0.2, -0.15) is 5.26 Å². The van der Waals surface area contributed by atoms with Gasteiger partial charge in [0.15, 0.2) is 5.54 Å². The number of ether oxygens (including phenoxy) is 1. The van der Waals surface area contributed by atoms with E-state index in [-0.39, 0.29) is 39.7 Å². The van der Waals surface area contributed by atoms with Crippen molar-refractivity contribution >= 4 is 39.2 Å². The van der Waals surface area contributed by atoms with Crippen LogP contribution in [0.15, 0.2) is 65.6 Å². The van der Waals surface area contributed by atoms with Gasteiger partial charge >= 0.3 is 5.97 Å². The minimum atomic E-state index is -4.53. The lowest BCUT2D eigenvalue weighted by molar-refractivity contribution is -0.145. The number of nitrogens with zero attached hydrogens (tertiary/aromatic N) is 5. The number of carboxylic acids is 1. The Labute approximate surface area is 273 Å². The zero-order valence-electron chi connectivity index (χ0n) is 25.5. The Hall–Kier alpha value is -3.99. The monoisotopic (exact) mass is 663 g/mol. The number of sulfonamides is 1. The van der Waals surface area contributed by atoms with Crippen molar-refractivity contribution in [3.63, 3.8) is 0 Å². The van der Waals surface area contributed by atoms with E-state index in [0.29, 0.717) is 24.3 Å². The molecule has 11 nitrogen and oxygen atoms in total. The highest BCUT2D eigenvalue weighted by Crippen LogP contribution is 2.55. The van der Waals surface area contributed by atoms with E-state index in [1.165, 1.54) is 49.6 Å². The quantitative estimate of drug-likeness (QED) is 0.382. The lowest BCUT2D eigenvalue weighted by Gasteiger charge is -2.41. The van der Waals surface area contributed by atoms with Crippen molar-refractivity contribution in [1.82, 2.24) is 14.7 Å². The van der Waals surface area contributed by atoms with Crippen molar-refractivity contribution in [2.75, 3.05) is 51.2 Å². The number of aliphatic carboxylic acids is 1. The van der Waals surface area contributed by atoms with Gasteiger partial charge in [0.1, 0.15) is 11.8 Å². The molecule has 0 radical (unpaired) electrons. The summed E-state index contributed by atoms with van der Waals surface area (Å²) in [7, 11) is -0.962. The lowest BCUT2D eigenvalue weighted by atomic mass is 9.80. The molecule has 0 bridgehead atoms. The smallest absolute Gasteiger partial charge is 0.320 e. The van der Waals surface area contributed by atoms with Crippen LogP contribution < -0.4 is 9.04 Å². The third kappa shape index (κ3) is 5.22. The number of carbonyl (C=O) groups excluding carboxylic acids is 1. The topological polar surface area (TPSA) is 134 Å². The Bertz CT molecular complexity index is 1840. The molecule has 3 aliphatic rings. The van der Waals surface area contributed by atoms with Gasteiger partial charge in [0.05, 0.1) is 29.3 Å². The number of piperazine rings is 1. The molecule has 0 spiro atoms. The third-order valence-corrected chi connectivity index (χ3v) is 11.2. The number of fused-ring (bicyclic) bond motifs is 1. The minimum Gasteiger partial charge on any atom is -0.496 e. The van der Waals surface area contributed by atoms with Crippen molar-refractivity contribution in [3.8, 4) is 11.8 Å².